The van der Waals surface area contributed by atoms with Crippen molar-refractivity contribution in [3.05, 3.63) is 11.3 Å². The van der Waals surface area contributed by atoms with Gasteiger partial charge < -0.3 is 5.11 Å². The van der Waals surface area contributed by atoms with Gasteiger partial charge >= 0.3 is 6.18 Å². The average molecular weight is 250 g/mol. The zero-order valence-corrected chi connectivity index (χ0v) is 9.68. The Morgan fingerprint density at radius 1 is 1.35 bits per heavy atom. The largest absolute Gasteiger partial charge is 0.504 e. The molecule has 1 N–H and O–H groups in total. The second kappa shape index (κ2) is 3.85. The van der Waals surface area contributed by atoms with Gasteiger partial charge in [-0.05, 0) is 6.42 Å². The Kier molecular flexibility index (Phi) is 3.11. The summed E-state index contributed by atoms with van der Waals surface area (Å²) >= 11 is 0. The normalized spacial score (nSPS) is 28.2. The third-order valence-corrected chi connectivity index (χ3v) is 2.86. The molecule has 0 spiro atoms. The Bertz CT molecular complexity index is 405. The van der Waals surface area contributed by atoms with Gasteiger partial charge in [-0.3, -0.25) is 9.59 Å². The van der Waals surface area contributed by atoms with Crippen LogP contribution in [0.4, 0.5) is 13.2 Å². The summed E-state index contributed by atoms with van der Waals surface area (Å²) in [5.74, 6) is -4.67. The number of halogens is 3. The van der Waals surface area contributed by atoms with Crippen molar-refractivity contribution in [3.63, 3.8) is 0 Å². The summed E-state index contributed by atoms with van der Waals surface area (Å²) in [6.45, 7) is 4.37. The molecule has 1 fully saturated rings. The lowest BCUT2D eigenvalue weighted by Crippen LogP contribution is -2.41. The Balaban J connectivity index is 3.39. The number of carbonyl (C=O) groups is 2. The number of aliphatic hydroxyl groups excluding tert-OH is 1. The molecule has 1 aliphatic rings. The third-order valence-electron chi connectivity index (χ3n) is 2.86. The maximum Gasteiger partial charge on any atom is 0.449 e. The van der Waals surface area contributed by atoms with Gasteiger partial charge in [0.1, 0.15) is 5.57 Å². The second-order valence-electron chi connectivity index (χ2n) is 4.90. The summed E-state index contributed by atoms with van der Waals surface area (Å²) in [5.41, 5.74) is -2.18. The highest BCUT2D eigenvalue weighted by Crippen LogP contribution is 2.39. The molecule has 1 unspecified atom stereocenters. The quantitative estimate of drug-likeness (QED) is 0.408. The van der Waals surface area contributed by atoms with Crippen molar-refractivity contribution >= 4 is 11.6 Å². The molecule has 1 rings (SSSR count). The van der Waals surface area contributed by atoms with Crippen LogP contribution >= 0.6 is 0 Å². The minimum absolute atomic E-state index is 0.180. The first-order valence-electron chi connectivity index (χ1n) is 5.08. The van der Waals surface area contributed by atoms with Gasteiger partial charge in [0.15, 0.2) is 11.6 Å². The van der Waals surface area contributed by atoms with Gasteiger partial charge in [-0.15, -0.1) is 0 Å². The van der Waals surface area contributed by atoms with Gasteiger partial charge in [-0.1, -0.05) is 20.8 Å². The number of alkyl halides is 3. The summed E-state index contributed by atoms with van der Waals surface area (Å²) in [6, 6.07) is 0. The standard InChI is InChI=1S/C11H13F3O3/c1-5-4-10(2,3)8(16)6(7(5)15)9(17)11(12,13)14/h5,17H,4H2,1-3H3. The minimum atomic E-state index is -5.08. The fourth-order valence-electron chi connectivity index (χ4n) is 2.01. The minimum Gasteiger partial charge on any atom is -0.504 e. The van der Waals surface area contributed by atoms with Crippen LogP contribution in [0.25, 0.3) is 0 Å². The number of rotatable bonds is 0. The number of hydrogen-bond acceptors (Lipinski definition) is 3. The molecule has 0 bridgehead atoms. The molecule has 0 aromatic carbocycles. The lowest BCUT2D eigenvalue weighted by molar-refractivity contribution is -0.140. The van der Waals surface area contributed by atoms with Gasteiger partial charge in [-0.2, -0.15) is 13.2 Å². The van der Waals surface area contributed by atoms with E-state index < -0.39 is 40.4 Å². The topological polar surface area (TPSA) is 54.4 Å². The second-order valence-corrected chi connectivity index (χ2v) is 4.90. The van der Waals surface area contributed by atoms with E-state index in [-0.39, 0.29) is 6.42 Å². The molecular formula is C11H13F3O3. The van der Waals surface area contributed by atoms with Crippen LogP contribution in [0.1, 0.15) is 27.2 Å². The molecule has 6 heteroatoms. The maximum absolute atomic E-state index is 12.3. The first kappa shape index (κ1) is 13.7. The highest BCUT2D eigenvalue weighted by Gasteiger charge is 2.48. The van der Waals surface area contributed by atoms with Crippen LogP contribution in [0, 0.1) is 11.3 Å². The Morgan fingerprint density at radius 2 is 1.82 bits per heavy atom. The van der Waals surface area contributed by atoms with E-state index in [0.29, 0.717) is 0 Å². The summed E-state index contributed by atoms with van der Waals surface area (Å²) in [5, 5.41) is 9.01. The van der Waals surface area contributed by atoms with Crippen LogP contribution in [0.15, 0.2) is 11.3 Å². The zero-order chi connectivity index (χ0) is 13.6. The van der Waals surface area contributed by atoms with Gasteiger partial charge in [-0.25, -0.2) is 0 Å². The average Bonchev–Trinajstić information content (AvgIpc) is 2.13. The van der Waals surface area contributed by atoms with E-state index in [0.717, 1.165) is 0 Å². The van der Waals surface area contributed by atoms with Crippen molar-refractivity contribution in [2.24, 2.45) is 11.3 Å². The maximum atomic E-state index is 12.3. The number of hydrogen-bond donors (Lipinski definition) is 1. The van der Waals surface area contributed by atoms with E-state index in [1.807, 2.05) is 0 Å². The van der Waals surface area contributed by atoms with E-state index in [2.05, 4.69) is 0 Å². The SMILES string of the molecule is CC1CC(C)(C)C(=O)C(=C(O)C(F)(F)F)C1=O. The highest BCUT2D eigenvalue weighted by molar-refractivity contribution is 6.24. The molecule has 0 heterocycles. The smallest absolute Gasteiger partial charge is 0.449 e. The lowest BCUT2D eigenvalue weighted by atomic mass is 9.68. The summed E-state index contributed by atoms with van der Waals surface area (Å²) in [7, 11) is 0. The number of Topliss-reactive ketones (excluding diaryl/α,β-unsaturated/α-hetero) is 2. The molecule has 17 heavy (non-hydrogen) atoms. The van der Waals surface area contributed by atoms with Crippen LogP contribution in [-0.2, 0) is 9.59 Å². The number of aliphatic hydroxyl groups is 1. The Hall–Kier alpha value is -1.33. The molecule has 3 nitrogen and oxygen atoms in total. The predicted octanol–water partition coefficient (Wildman–Crippen LogP) is 2.57. The highest BCUT2D eigenvalue weighted by atomic mass is 19.4. The molecule has 1 saturated carbocycles. The number of carbonyl (C=O) groups excluding carboxylic acids is 2. The Labute approximate surface area is 96.3 Å². The Morgan fingerprint density at radius 3 is 2.24 bits per heavy atom. The van der Waals surface area contributed by atoms with Crippen molar-refractivity contribution in [2.75, 3.05) is 0 Å². The molecule has 1 atom stereocenters. The summed E-state index contributed by atoms with van der Waals surface area (Å²) in [6.07, 6.45) is -4.90. The van der Waals surface area contributed by atoms with E-state index in [4.69, 9.17) is 5.11 Å². The van der Waals surface area contributed by atoms with E-state index in [1.165, 1.54) is 20.8 Å². The van der Waals surface area contributed by atoms with Crippen LogP contribution in [0.3, 0.4) is 0 Å². The van der Waals surface area contributed by atoms with Crippen LogP contribution < -0.4 is 0 Å². The zero-order valence-electron chi connectivity index (χ0n) is 9.68. The van der Waals surface area contributed by atoms with Crippen LogP contribution in [0.5, 0.6) is 0 Å². The molecule has 96 valence electrons. The molecule has 0 aromatic rings. The molecule has 0 radical (unpaired) electrons. The van der Waals surface area contributed by atoms with E-state index >= 15 is 0 Å². The van der Waals surface area contributed by atoms with Crippen molar-refractivity contribution in [2.45, 2.75) is 33.4 Å². The van der Waals surface area contributed by atoms with Gasteiger partial charge in [0, 0.05) is 11.3 Å². The van der Waals surface area contributed by atoms with Gasteiger partial charge in [0.05, 0.1) is 0 Å². The molecule has 0 saturated heterocycles. The summed E-state index contributed by atoms with van der Waals surface area (Å²) < 4.78 is 37.0. The van der Waals surface area contributed by atoms with Crippen molar-refractivity contribution in [3.8, 4) is 0 Å². The van der Waals surface area contributed by atoms with Gasteiger partial charge in [0.2, 0.25) is 5.76 Å². The first-order chi connectivity index (χ1) is 7.48. The number of ketones is 2. The van der Waals surface area contributed by atoms with Gasteiger partial charge in [0.25, 0.3) is 0 Å². The fraction of sp³-hybridized carbons (Fsp3) is 0.636. The summed E-state index contributed by atoms with van der Waals surface area (Å²) in [4.78, 5) is 23.3. The predicted molar refractivity (Wildman–Crippen MR) is 53.3 cm³/mol. The fourth-order valence-corrected chi connectivity index (χ4v) is 2.01. The monoisotopic (exact) mass is 250 g/mol. The molecular weight excluding hydrogens is 237 g/mol. The van der Waals surface area contributed by atoms with E-state index in [9.17, 15) is 22.8 Å². The van der Waals surface area contributed by atoms with Crippen molar-refractivity contribution in [1.29, 1.82) is 0 Å². The first-order valence-corrected chi connectivity index (χ1v) is 5.08. The number of allylic oxidation sites excluding steroid dienone is 2. The van der Waals surface area contributed by atoms with Crippen LogP contribution in [0.2, 0.25) is 0 Å². The molecule has 0 aliphatic heterocycles. The lowest BCUT2D eigenvalue weighted by Gasteiger charge is -2.33. The molecule has 0 aromatic heterocycles. The van der Waals surface area contributed by atoms with Crippen LogP contribution in [-0.4, -0.2) is 22.8 Å². The van der Waals surface area contributed by atoms with E-state index in [1.54, 1.807) is 0 Å². The molecule has 1 aliphatic carbocycles. The molecule has 0 amide bonds. The van der Waals surface area contributed by atoms with Crippen molar-refractivity contribution in [1.82, 2.24) is 0 Å². The van der Waals surface area contributed by atoms with Crippen molar-refractivity contribution < 1.29 is 27.9 Å². The third kappa shape index (κ3) is 2.35.